The van der Waals surface area contributed by atoms with E-state index in [9.17, 15) is 4.79 Å². The Morgan fingerprint density at radius 1 is 1.33 bits per heavy atom. The first-order valence-electron chi connectivity index (χ1n) is 5.48. The second-order valence-corrected chi connectivity index (χ2v) is 4.61. The van der Waals surface area contributed by atoms with E-state index in [2.05, 4.69) is 31.2 Å². The fraction of sp³-hybridized carbons (Fsp3) is 0.154. The molecule has 5 heteroatoms. The second kappa shape index (κ2) is 5.73. The lowest BCUT2D eigenvalue weighted by molar-refractivity contribution is 0.0945. The van der Waals surface area contributed by atoms with Crippen molar-refractivity contribution < 1.29 is 4.79 Å². The summed E-state index contributed by atoms with van der Waals surface area (Å²) in [7, 11) is 0. The van der Waals surface area contributed by atoms with E-state index in [-0.39, 0.29) is 5.91 Å². The van der Waals surface area contributed by atoms with Crippen LogP contribution in [0.2, 0.25) is 0 Å². The van der Waals surface area contributed by atoms with Gasteiger partial charge in [-0.1, -0.05) is 12.1 Å². The minimum Gasteiger partial charge on any atom is -0.345 e. The van der Waals surface area contributed by atoms with Gasteiger partial charge in [0, 0.05) is 6.20 Å². The molecule has 0 aromatic carbocycles. The highest BCUT2D eigenvalue weighted by Gasteiger charge is 2.08. The number of carbonyl (C=O) groups is 1. The van der Waals surface area contributed by atoms with E-state index in [1.165, 1.54) is 0 Å². The first kappa shape index (κ1) is 12.7. The molecule has 0 unspecified atom stereocenters. The van der Waals surface area contributed by atoms with Crippen LogP contribution in [0.4, 0.5) is 0 Å². The predicted molar refractivity (Wildman–Crippen MR) is 72.1 cm³/mol. The van der Waals surface area contributed by atoms with Gasteiger partial charge in [0.2, 0.25) is 0 Å². The van der Waals surface area contributed by atoms with Gasteiger partial charge in [0.05, 0.1) is 12.2 Å². The molecule has 2 rings (SSSR count). The number of amides is 1. The average Bonchev–Trinajstić information content (AvgIpc) is 2.37. The Labute approximate surface area is 114 Å². The van der Waals surface area contributed by atoms with Crippen LogP contribution in [0.3, 0.4) is 0 Å². The Hall–Kier alpha value is -1.75. The van der Waals surface area contributed by atoms with E-state index in [4.69, 9.17) is 0 Å². The Morgan fingerprint density at radius 2 is 2.17 bits per heavy atom. The number of carbonyl (C=O) groups excluding carboxylic acids is 1. The third-order valence-electron chi connectivity index (χ3n) is 2.48. The third kappa shape index (κ3) is 3.13. The smallest absolute Gasteiger partial charge is 0.270 e. The summed E-state index contributed by atoms with van der Waals surface area (Å²) in [5, 5.41) is 2.80. The second-order valence-electron chi connectivity index (χ2n) is 3.80. The van der Waals surface area contributed by atoms with Gasteiger partial charge in [0.1, 0.15) is 10.3 Å². The highest BCUT2D eigenvalue weighted by molar-refractivity contribution is 9.10. The molecule has 0 fully saturated rings. The number of halogens is 1. The highest BCUT2D eigenvalue weighted by atomic mass is 79.9. The monoisotopic (exact) mass is 305 g/mol. The van der Waals surface area contributed by atoms with Gasteiger partial charge in [-0.2, -0.15) is 0 Å². The summed E-state index contributed by atoms with van der Waals surface area (Å²) in [6.45, 7) is 2.37. The van der Waals surface area contributed by atoms with Gasteiger partial charge in [-0.05, 0) is 46.6 Å². The van der Waals surface area contributed by atoms with Gasteiger partial charge < -0.3 is 5.32 Å². The first-order valence-corrected chi connectivity index (χ1v) is 6.27. The molecule has 18 heavy (non-hydrogen) atoms. The summed E-state index contributed by atoms with van der Waals surface area (Å²) in [5.74, 6) is -0.207. The van der Waals surface area contributed by atoms with Crippen LogP contribution in [0.25, 0.3) is 0 Å². The van der Waals surface area contributed by atoms with Crippen LogP contribution in [0.15, 0.2) is 41.1 Å². The summed E-state index contributed by atoms with van der Waals surface area (Å²) >= 11 is 3.23. The van der Waals surface area contributed by atoms with Crippen molar-refractivity contribution >= 4 is 21.8 Å². The summed E-state index contributed by atoms with van der Waals surface area (Å²) in [6, 6.07) is 9.06. The van der Waals surface area contributed by atoms with Gasteiger partial charge >= 0.3 is 0 Å². The van der Waals surface area contributed by atoms with Crippen molar-refractivity contribution in [3.8, 4) is 0 Å². The number of nitrogens with zero attached hydrogens (tertiary/aromatic N) is 2. The van der Waals surface area contributed by atoms with Crippen LogP contribution >= 0.6 is 15.9 Å². The minimum absolute atomic E-state index is 0.207. The molecule has 1 N–H and O–H groups in total. The molecule has 0 radical (unpaired) electrons. The number of aromatic nitrogens is 2. The van der Waals surface area contributed by atoms with Crippen molar-refractivity contribution in [2.45, 2.75) is 13.5 Å². The van der Waals surface area contributed by atoms with Crippen molar-refractivity contribution in [1.29, 1.82) is 0 Å². The molecule has 0 atom stereocenters. The molecular formula is C13H12BrN3O. The summed E-state index contributed by atoms with van der Waals surface area (Å²) < 4.78 is 0.643. The summed E-state index contributed by atoms with van der Waals surface area (Å²) in [4.78, 5) is 20.2. The van der Waals surface area contributed by atoms with Crippen LogP contribution in [-0.2, 0) is 6.54 Å². The number of hydrogen-bond donors (Lipinski definition) is 1. The average molecular weight is 306 g/mol. The molecule has 0 aliphatic rings. The maximum Gasteiger partial charge on any atom is 0.270 e. The molecular weight excluding hydrogens is 294 g/mol. The molecule has 0 saturated carbocycles. The first-order chi connectivity index (χ1) is 8.66. The number of aryl methyl sites for hydroxylation is 1. The van der Waals surface area contributed by atoms with Gasteiger partial charge in [0.25, 0.3) is 5.91 Å². The standard InChI is InChI=1S/C13H12BrN3O/c1-9-4-3-7-15-11(9)8-16-13(18)10-5-2-6-12(14)17-10/h2-7H,8H2,1H3,(H,16,18). The zero-order valence-electron chi connectivity index (χ0n) is 9.85. The van der Waals surface area contributed by atoms with E-state index < -0.39 is 0 Å². The lowest BCUT2D eigenvalue weighted by Crippen LogP contribution is -2.24. The molecule has 0 aliphatic carbocycles. The number of hydrogen-bond acceptors (Lipinski definition) is 3. The Balaban J connectivity index is 2.03. The van der Waals surface area contributed by atoms with E-state index in [0.717, 1.165) is 11.3 Å². The lowest BCUT2D eigenvalue weighted by atomic mass is 10.2. The maximum absolute atomic E-state index is 11.9. The third-order valence-corrected chi connectivity index (χ3v) is 2.92. The summed E-state index contributed by atoms with van der Waals surface area (Å²) in [6.07, 6.45) is 1.71. The van der Waals surface area contributed by atoms with E-state index in [1.54, 1.807) is 24.4 Å². The van der Waals surface area contributed by atoms with Gasteiger partial charge in [-0.3, -0.25) is 9.78 Å². The number of pyridine rings is 2. The van der Waals surface area contributed by atoms with E-state index in [0.29, 0.717) is 16.8 Å². The molecule has 2 aromatic rings. The molecule has 2 aromatic heterocycles. The normalized spacial score (nSPS) is 10.1. The fourth-order valence-electron chi connectivity index (χ4n) is 1.49. The molecule has 0 bridgehead atoms. The topological polar surface area (TPSA) is 54.9 Å². The Morgan fingerprint density at radius 3 is 2.89 bits per heavy atom. The molecule has 0 spiro atoms. The highest BCUT2D eigenvalue weighted by Crippen LogP contribution is 2.07. The maximum atomic E-state index is 11.9. The van der Waals surface area contributed by atoms with Gasteiger partial charge in [-0.15, -0.1) is 0 Å². The van der Waals surface area contributed by atoms with Crippen LogP contribution < -0.4 is 5.32 Å². The van der Waals surface area contributed by atoms with Crippen molar-refractivity contribution in [2.24, 2.45) is 0 Å². The van der Waals surface area contributed by atoms with Crippen LogP contribution in [0.1, 0.15) is 21.7 Å². The molecule has 0 saturated heterocycles. The molecule has 2 heterocycles. The van der Waals surface area contributed by atoms with Gasteiger partial charge in [0.15, 0.2) is 0 Å². The lowest BCUT2D eigenvalue weighted by Gasteiger charge is -2.06. The quantitative estimate of drug-likeness (QED) is 0.886. The minimum atomic E-state index is -0.207. The Kier molecular flexibility index (Phi) is 4.04. The van der Waals surface area contributed by atoms with Crippen LogP contribution in [0, 0.1) is 6.92 Å². The predicted octanol–water partition coefficient (Wildman–Crippen LogP) is 2.48. The molecule has 92 valence electrons. The van der Waals surface area contributed by atoms with E-state index in [1.807, 2.05) is 19.1 Å². The van der Waals surface area contributed by atoms with Gasteiger partial charge in [-0.25, -0.2) is 4.98 Å². The van der Waals surface area contributed by atoms with E-state index >= 15 is 0 Å². The fourth-order valence-corrected chi connectivity index (χ4v) is 1.84. The van der Waals surface area contributed by atoms with Crippen LogP contribution in [0.5, 0.6) is 0 Å². The number of rotatable bonds is 3. The molecule has 0 aliphatic heterocycles. The largest absolute Gasteiger partial charge is 0.345 e. The molecule has 1 amide bonds. The van der Waals surface area contributed by atoms with Crippen molar-refractivity contribution in [3.63, 3.8) is 0 Å². The zero-order chi connectivity index (χ0) is 13.0. The Bertz CT molecular complexity index is 572. The van der Waals surface area contributed by atoms with Crippen molar-refractivity contribution in [2.75, 3.05) is 0 Å². The number of nitrogens with one attached hydrogen (secondary N) is 1. The van der Waals surface area contributed by atoms with Crippen LogP contribution in [-0.4, -0.2) is 15.9 Å². The zero-order valence-corrected chi connectivity index (χ0v) is 11.4. The van der Waals surface area contributed by atoms with Crippen molar-refractivity contribution in [1.82, 2.24) is 15.3 Å². The van der Waals surface area contributed by atoms with Crippen molar-refractivity contribution in [3.05, 3.63) is 58.1 Å². The summed E-state index contributed by atoms with van der Waals surface area (Å²) in [5.41, 5.74) is 2.30. The molecule has 4 nitrogen and oxygen atoms in total. The SMILES string of the molecule is Cc1cccnc1CNC(=O)c1cccc(Br)n1.